The summed E-state index contributed by atoms with van der Waals surface area (Å²) < 4.78 is 5.68. The molecule has 0 aliphatic carbocycles. The Balaban J connectivity index is 1.79. The third kappa shape index (κ3) is 3.50. The molecule has 0 radical (unpaired) electrons. The van der Waals surface area contributed by atoms with Crippen LogP contribution < -0.4 is 4.74 Å². The van der Waals surface area contributed by atoms with Crippen molar-refractivity contribution in [2.45, 2.75) is 0 Å². The van der Waals surface area contributed by atoms with Gasteiger partial charge in [0.15, 0.2) is 5.78 Å². The predicted octanol–water partition coefficient (Wildman–Crippen LogP) is 4.41. The molecule has 0 heterocycles. The molecule has 0 saturated heterocycles. The van der Waals surface area contributed by atoms with Crippen LogP contribution in [0.5, 0.6) is 11.5 Å². The highest BCUT2D eigenvalue weighted by Gasteiger charge is 2.12. The Kier molecular flexibility index (Phi) is 4.38. The van der Waals surface area contributed by atoms with Gasteiger partial charge in [0.05, 0.1) is 5.56 Å². The van der Waals surface area contributed by atoms with E-state index in [1.807, 2.05) is 30.3 Å². The Hall–Kier alpha value is -3.40. The fourth-order valence-electron chi connectivity index (χ4n) is 2.26. The molecule has 0 aliphatic heterocycles. The van der Waals surface area contributed by atoms with Crippen LogP contribution in [0.3, 0.4) is 0 Å². The Bertz CT molecular complexity index is 868. The molecule has 1 N–H and O–H groups in total. The summed E-state index contributed by atoms with van der Waals surface area (Å²) in [5, 5.41) is 9.01. The maximum absolute atomic E-state index is 12.5. The summed E-state index contributed by atoms with van der Waals surface area (Å²) in [5.41, 5.74) is 0.898. The lowest BCUT2D eigenvalue weighted by Crippen LogP contribution is -2.04. The molecule has 0 aliphatic rings. The topological polar surface area (TPSA) is 63.6 Å². The van der Waals surface area contributed by atoms with Gasteiger partial charge in [-0.1, -0.05) is 30.3 Å². The second-order valence-corrected chi connectivity index (χ2v) is 5.15. The van der Waals surface area contributed by atoms with E-state index in [2.05, 4.69) is 0 Å². The summed E-state index contributed by atoms with van der Waals surface area (Å²) in [5.74, 6) is 0.0448. The van der Waals surface area contributed by atoms with Crippen LogP contribution in [0.1, 0.15) is 26.3 Å². The molecule has 3 aromatic carbocycles. The molecule has 0 atom stereocenters. The smallest absolute Gasteiger partial charge is 0.335 e. The number of rotatable bonds is 5. The van der Waals surface area contributed by atoms with Crippen LogP contribution in [-0.4, -0.2) is 16.9 Å². The van der Waals surface area contributed by atoms with Gasteiger partial charge in [-0.25, -0.2) is 4.79 Å². The van der Waals surface area contributed by atoms with Crippen LogP contribution in [0.15, 0.2) is 78.9 Å². The van der Waals surface area contributed by atoms with E-state index in [-0.39, 0.29) is 11.3 Å². The minimum atomic E-state index is -1.06. The first-order valence-corrected chi connectivity index (χ1v) is 7.34. The van der Waals surface area contributed by atoms with Crippen molar-refractivity contribution >= 4 is 11.8 Å². The van der Waals surface area contributed by atoms with Crippen LogP contribution in [0.4, 0.5) is 0 Å². The van der Waals surface area contributed by atoms with Crippen molar-refractivity contribution in [3.8, 4) is 11.5 Å². The largest absolute Gasteiger partial charge is 0.478 e. The quantitative estimate of drug-likeness (QED) is 0.708. The molecular formula is C20H14O4. The van der Waals surface area contributed by atoms with Crippen LogP contribution >= 0.6 is 0 Å². The van der Waals surface area contributed by atoms with Gasteiger partial charge in [-0.05, 0) is 48.5 Å². The Labute approximate surface area is 139 Å². The van der Waals surface area contributed by atoms with E-state index in [9.17, 15) is 9.59 Å². The summed E-state index contributed by atoms with van der Waals surface area (Å²) in [6.07, 6.45) is 0. The van der Waals surface area contributed by atoms with Crippen molar-refractivity contribution in [1.29, 1.82) is 0 Å². The molecule has 0 spiro atoms. The highest BCUT2D eigenvalue weighted by molar-refractivity contribution is 6.09. The molecule has 0 fully saturated rings. The lowest BCUT2D eigenvalue weighted by Gasteiger charge is -2.07. The molecule has 0 unspecified atom stereocenters. The Morgan fingerprint density at radius 2 is 1.29 bits per heavy atom. The zero-order valence-electron chi connectivity index (χ0n) is 12.7. The number of carbonyl (C=O) groups excluding carboxylic acids is 1. The number of benzene rings is 3. The fraction of sp³-hybridized carbons (Fsp3) is 0. The summed E-state index contributed by atoms with van der Waals surface area (Å²) in [7, 11) is 0. The van der Waals surface area contributed by atoms with Crippen LogP contribution in [0.25, 0.3) is 0 Å². The van der Waals surface area contributed by atoms with E-state index in [1.54, 1.807) is 36.4 Å². The lowest BCUT2D eigenvalue weighted by atomic mass is 10.0. The summed E-state index contributed by atoms with van der Waals surface area (Å²) in [6.45, 7) is 0. The second-order valence-electron chi connectivity index (χ2n) is 5.15. The van der Waals surface area contributed by atoms with Gasteiger partial charge in [-0.3, -0.25) is 4.79 Å². The van der Waals surface area contributed by atoms with Gasteiger partial charge in [-0.2, -0.15) is 0 Å². The molecule has 118 valence electrons. The van der Waals surface area contributed by atoms with E-state index in [0.717, 1.165) is 0 Å². The average molecular weight is 318 g/mol. The maximum Gasteiger partial charge on any atom is 0.335 e. The number of carbonyl (C=O) groups is 2. The number of ketones is 1. The zero-order chi connectivity index (χ0) is 16.9. The fourth-order valence-corrected chi connectivity index (χ4v) is 2.26. The SMILES string of the molecule is O=C(O)c1cccc(C(=O)c2ccc(Oc3ccccc3)cc2)c1. The first-order valence-electron chi connectivity index (χ1n) is 7.34. The summed E-state index contributed by atoms with van der Waals surface area (Å²) in [6, 6.07) is 22.1. The van der Waals surface area contributed by atoms with Crippen molar-refractivity contribution in [1.82, 2.24) is 0 Å². The van der Waals surface area contributed by atoms with Crippen molar-refractivity contribution in [3.05, 3.63) is 95.6 Å². The molecule has 0 amide bonds. The number of para-hydroxylation sites is 1. The lowest BCUT2D eigenvalue weighted by molar-refractivity contribution is 0.0697. The Morgan fingerprint density at radius 1 is 0.667 bits per heavy atom. The highest BCUT2D eigenvalue weighted by atomic mass is 16.5. The first kappa shape index (κ1) is 15.5. The average Bonchev–Trinajstić information content (AvgIpc) is 2.63. The number of carboxylic acid groups (broad SMARTS) is 1. The number of hydrogen-bond acceptors (Lipinski definition) is 3. The van der Waals surface area contributed by atoms with E-state index in [4.69, 9.17) is 9.84 Å². The number of carboxylic acids is 1. The van der Waals surface area contributed by atoms with E-state index in [0.29, 0.717) is 22.6 Å². The number of hydrogen-bond donors (Lipinski definition) is 1. The van der Waals surface area contributed by atoms with Gasteiger partial charge < -0.3 is 9.84 Å². The molecule has 0 saturated carbocycles. The van der Waals surface area contributed by atoms with Crippen LogP contribution in [0, 0.1) is 0 Å². The normalized spacial score (nSPS) is 10.2. The van der Waals surface area contributed by atoms with Crippen LogP contribution in [0.2, 0.25) is 0 Å². The molecule has 4 nitrogen and oxygen atoms in total. The minimum absolute atomic E-state index is 0.0879. The maximum atomic E-state index is 12.5. The van der Waals surface area contributed by atoms with E-state index < -0.39 is 5.97 Å². The highest BCUT2D eigenvalue weighted by Crippen LogP contribution is 2.22. The van der Waals surface area contributed by atoms with Gasteiger partial charge in [-0.15, -0.1) is 0 Å². The standard InChI is InChI=1S/C20H14O4/c21-19(15-5-4-6-16(13-15)20(22)23)14-9-11-18(12-10-14)24-17-7-2-1-3-8-17/h1-13H,(H,22,23). The van der Waals surface area contributed by atoms with Crippen LogP contribution in [-0.2, 0) is 0 Å². The van der Waals surface area contributed by atoms with Gasteiger partial charge in [0.25, 0.3) is 0 Å². The third-order valence-electron chi connectivity index (χ3n) is 3.47. The van der Waals surface area contributed by atoms with Crippen molar-refractivity contribution in [3.63, 3.8) is 0 Å². The Morgan fingerprint density at radius 3 is 1.96 bits per heavy atom. The van der Waals surface area contributed by atoms with Gasteiger partial charge in [0, 0.05) is 11.1 Å². The van der Waals surface area contributed by atoms with Gasteiger partial charge in [0.1, 0.15) is 11.5 Å². The first-order chi connectivity index (χ1) is 11.6. The predicted molar refractivity (Wildman–Crippen MR) is 89.8 cm³/mol. The number of ether oxygens (including phenoxy) is 1. The molecule has 0 bridgehead atoms. The van der Waals surface area contributed by atoms with Crippen molar-refractivity contribution in [2.75, 3.05) is 0 Å². The molecule has 3 rings (SSSR count). The van der Waals surface area contributed by atoms with Gasteiger partial charge in [0.2, 0.25) is 0 Å². The molecule has 0 aromatic heterocycles. The summed E-state index contributed by atoms with van der Waals surface area (Å²) in [4.78, 5) is 23.5. The number of aromatic carboxylic acids is 1. The minimum Gasteiger partial charge on any atom is -0.478 e. The van der Waals surface area contributed by atoms with E-state index >= 15 is 0 Å². The third-order valence-corrected chi connectivity index (χ3v) is 3.47. The molecule has 3 aromatic rings. The van der Waals surface area contributed by atoms with Crippen molar-refractivity contribution in [2.24, 2.45) is 0 Å². The van der Waals surface area contributed by atoms with Gasteiger partial charge >= 0.3 is 5.97 Å². The zero-order valence-corrected chi connectivity index (χ0v) is 12.7. The second kappa shape index (κ2) is 6.79. The molecule has 4 heteroatoms. The monoisotopic (exact) mass is 318 g/mol. The molecule has 24 heavy (non-hydrogen) atoms. The van der Waals surface area contributed by atoms with Crippen molar-refractivity contribution < 1.29 is 19.4 Å². The summed E-state index contributed by atoms with van der Waals surface area (Å²) >= 11 is 0. The van der Waals surface area contributed by atoms with E-state index in [1.165, 1.54) is 12.1 Å². The molecular weight excluding hydrogens is 304 g/mol.